The Morgan fingerprint density at radius 1 is 0.549 bits per heavy atom. The third-order valence-electron chi connectivity index (χ3n) is 34.7. The van der Waals surface area contributed by atoms with Crippen LogP contribution in [0.25, 0.3) is 0 Å². The number of ketones is 1. The van der Waals surface area contributed by atoms with E-state index in [1.54, 1.807) is 11.1 Å². The van der Waals surface area contributed by atoms with Crippen LogP contribution in [-0.2, 0) is 28.8 Å². The number of carboxylic acids is 1. The van der Waals surface area contributed by atoms with Gasteiger partial charge in [0, 0.05) is 123 Å². The van der Waals surface area contributed by atoms with Gasteiger partial charge in [-0.1, -0.05) is 202 Å². The highest BCUT2D eigenvalue weighted by atomic mass is 32.2. The lowest BCUT2D eigenvalue weighted by Crippen LogP contribution is -2.52. The molecular weight excluding hydrogens is 1700 g/mol. The van der Waals surface area contributed by atoms with Crippen LogP contribution in [0.4, 0.5) is 13.6 Å². The smallest absolute Gasteiger partial charge is 0.336 e. The molecule has 14 rings (SSSR count). The van der Waals surface area contributed by atoms with Crippen molar-refractivity contribution in [2.75, 3.05) is 45.0 Å². The van der Waals surface area contributed by atoms with Crippen LogP contribution in [0, 0.1) is 92.6 Å². The van der Waals surface area contributed by atoms with Crippen LogP contribution in [0.15, 0.2) is 77.4 Å². The van der Waals surface area contributed by atoms with Crippen molar-refractivity contribution in [1.29, 1.82) is 0 Å². The Kier molecular flexibility index (Phi) is 39.1. The first-order valence-corrected chi connectivity index (χ1v) is 52.7. The molecule has 21 atom stereocenters. The first kappa shape index (κ1) is 106. The second-order valence-corrected chi connectivity index (χ2v) is 44.1. The minimum atomic E-state index is -1.42. The summed E-state index contributed by atoms with van der Waals surface area (Å²) in [5, 5.41) is 48.1. The highest BCUT2D eigenvalue weighted by molar-refractivity contribution is 8.00. The van der Waals surface area contributed by atoms with Crippen LogP contribution in [0.1, 0.15) is 378 Å². The van der Waals surface area contributed by atoms with Crippen molar-refractivity contribution in [3.05, 3.63) is 105 Å². The van der Waals surface area contributed by atoms with Crippen molar-refractivity contribution >= 4 is 65.0 Å². The predicted octanol–water partition coefficient (Wildman–Crippen LogP) is 21.4. The van der Waals surface area contributed by atoms with Gasteiger partial charge >= 0.3 is 12.0 Å². The highest BCUT2D eigenvalue weighted by Gasteiger charge is 2.62. The first-order valence-electron chi connectivity index (χ1n) is 51.7. The van der Waals surface area contributed by atoms with Crippen molar-refractivity contribution in [2.24, 2.45) is 86.8 Å². The summed E-state index contributed by atoms with van der Waals surface area (Å²) < 4.78 is 35.0. The van der Waals surface area contributed by atoms with Crippen molar-refractivity contribution in [2.45, 2.75) is 375 Å². The Bertz CT molecular complexity index is 4460. The SMILES string of the molecule is C.C.CCCCCCCC[C@@H](C)C1CC[C@H]2[C@H]3CC=C4C[C@@H](NC(=O)CCNC(=O)CCCCCNC(=O)CCCC[C@@H]5SC[C@@H]6NC(=O)N[C@@H]65)CCC4(C)C3CCC12C.CCCCCCCC[C@@H](C)C1CC[C@H]2[C@H]3CC=C4C[C@@H](NCCCNC(=O)CCNC(=O)CCNC(=O)c5ccc(C6c7cc(F)c(O)cc7OC7=CC(=O)C(F)=CC76)c(C(=O)O)c5)CCC4(C)C3CCC12C. The van der Waals surface area contributed by atoms with E-state index in [0.29, 0.717) is 66.4 Å². The number of allylic oxidation sites excluding steroid dienone is 5. The maximum Gasteiger partial charge on any atom is 0.336 e. The zero-order chi connectivity index (χ0) is 93.2. The topological polar surface area (TPSA) is 312 Å². The summed E-state index contributed by atoms with van der Waals surface area (Å²) in [4.78, 5) is 112. The van der Waals surface area contributed by atoms with E-state index >= 15 is 0 Å². The summed E-state index contributed by atoms with van der Waals surface area (Å²) in [5.74, 6) is 0.973. The van der Waals surface area contributed by atoms with Gasteiger partial charge in [-0.3, -0.25) is 33.6 Å². The Morgan fingerprint density at radius 2 is 1.08 bits per heavy atom. The molecule has 3 heterocycles. The Labute approximate surface area is 799 Å². The zero-order valence-corrected chi connectivity index (χ0v) is 81.1. The lowest BCUT2D eigenvalue weighted by Gasteiger charge is -2.58. The monoisotopic (exact) mass is 1860 g/mol. The standard InChI is InChI=1S/C59H78F2N4O8.C48H81N5O4S.2CH4/c1-5-6-7-8-9-10-12-35(2)44-17-18-45-40-16-14-37-30-38(19-23-58(37,3)46(40)20-24-59(44,45)4)62-25-11-26-63-53(68)21-27-64-54(69)22-28-65-56(70)36-13-15-39(41(29-36)57(71)72)55-42-31-47(60)49(66)33-51(42)73-52-34-50(67)48(61)32-43(52)55;1-5-6-7-8-9-11-16-33(2)37-22-23-38-36-21-20-34-31-35(24-27-47(34,3)39(36)25-28-48(37,38)4)51-44(56)26-30-50-43(55)18-12-10-15-29-49-42(54)19-14-13-17-41-45-40(32-58-41)52-46(57)53-45;;/h13-15,29,31-35,38,40,42,44-46,55,62,67H,5-12,16-28,30H2,1-4H3,(H,63,68)(H,64,69)(H,65,70)(H,71,72);20,33,35-41,45H,5-19,21-32H2,1-4H3,(H,49,54)(H,50,55)(H,51,56)(H2,52,53,57);2*1H4/t35-,38+,40-,42?,44?,45+,46?,55?,58?,59?;33-,35+,36-,37?,38+,39?,40+,41+,45+,47?,48?;;/m11../s1. The lowest BCUT2D eigenvalue weighted by molar-refractivity contribution is -0.124. The molecule has 133 heavy (non-hydrogen) atoms. The molecule has 740 valence electrons. The number of carboxylic acid groups (broad SMARTS) is 1. The van der Waals surface area contributed by atoms with Crippen LogP contribution in [-0.4, -0.2) is 138 Å². The third-order valence-corrected chi connectivity index (χ3v) is 36.3. The lowest BCUT2D eigenvalue weighted by atomic mass is 9.47. The average molecular weight is 1870 g/mol. The number of halogens is 2. The van der Waals surface area contributed by atoms with E-state index in [0.717, 1.165) is 166 Å². The van der Waals surface area contributed by atoms with E-state index in [9.17, 15) is 62.1 Å². The number of nitrogens with one attached hydrogen (secondary N) is 9. The van der Waals surface area contributed by atoms with Crippen LogP contribution in [0.3, 0.4) is 0 Å². The van der Waals surface area contributed by atoms with Gasteiger partial charge in [0.15, 0.2) is 17.4 Å². The van der Waals surface area contributed by atoms with E-state index in [4.69, 9.17) is 4.74 Å². The summed E-state index contributed by atoms with van der Waals surface area (Å²) in [7, 11) is 0. The molecule has 21 nitrogen and oxygen atoms in total. The second-order valence-electron chi connectivity index (χ2n) is 42.9. The van der Waals surface area contributed by atoms with Gasteiger partial charge in [-0.05, 0) is 252 Å². The largest absolute Gasteiger partial charge is 0.505 e. The van der Waals surface area contributed by atoms with E-state index < -0.39 is 46.9 Å². The fourth-order valence-electron chi connectivity index (χ4n) is 27.6. The number of carbonyl (C=O) groups excluding carboxylic acids is 8. The number of phenols is 1. The number of aromatic hydroxyl groups is 1. The van der Waals surface area contributed by atoms with Gasteiger partial charge in [0.05, 0.1) is 17.6 Å². The quantitative estimate of drug-likeness (QED) is 0.0167. The van der Waals surface area contributed by atoms with Gasteiger partial charge in [-0.15, -0.1) is 0 Å². The second kappa shape index (κ2) is 49.1. The molecule has 6 saturated carbocycles. The maximum absolute atomic E-state index is 14.6. The summed E-state index contributed by atoms with van der Waals surface area (Å²) >= 11 is 1.91. The minimum Gasteiger partial charge on any atom is -0.505 e. The maximum atomic E-state index is 14.6. The number of unbranched alkanes of at least 4 members (excludes halogenated alkanes) is 13. The number of fused-ring (bicyclic) bond motifs is 13. The number of thioether (sulfide) groups is 1. The zero-order valence-electron chi connectivity index (χ0n) is 80.3. The van der Waals surface area contributed by atoms with Crippen molar-refractivity contribution < 1.29 is 66.9 Å². The molecule has 0 aromatic heterocycles. The van der Waals surface area contributed by atoms with E-state index in [1.807, 2.05) is 11.8 Å². The average Bonchev–Trinajstić information content (AvgIpc) is 1.64. The highest BCUT2D eigenvalue weighted by Crippen LogP contribution is 2.70. The summed E-state index contributed by atoms with van der Waals surface area (Å²) in [6.07, 6.45) is 54.8. The van der Waals surface area contributed by atoms with Crippen LogP contribution in [0.5, 0.6) is 11.5 Å². The number of carbonyl (C=O) groups is 9. The Hall–Kier alpha value is -7.60. The first-order chi connectivity index (χ1) is 63.0. The molecule has 12 aliphatic rings. The van der Waals surface area contributed by atoms with Crippen molar-refractivity contribution in [3.8, 4) is 11.5 Å². The predicted molar refractivity (Wildman–Crippen MR) is 527 cm³/mol. The van der Waals surface area contributed by atoms with E-state index in [2.05, 4.69) is 115 Å². The number of benzene rings is 2. The number of hydrogen-bond donors (Lipinski definition) is 11. The molecule has 8 amide bonds. The fourth-order valence-corrected chi connectivity index (χ4v) is 29.1. The van der Waals surface area contributed by atoms with Gasteiger partial charge in [-0.2, -0.15) is 11.8 Å². The number of rotatable bonds is 45. The van der Waals surface area contributed by atoms with Gasteiger partial charge in [0.25, 0.3) is 5.91 Å². The number of ether oxygens (including phenoxy) is 1. The van der Waals surface area contributed by atoms with Crippen LogP contribution < -0.4 is 52.6 Å². The molecule has 24 heteroatoms. The Balaban J connectivity index is 0.000000259. The van der Waals surface area contributed by atoms with E-state index in [-0.39, 0.29) is 134 Å². The molecular formula is C109H167F2N9O12S. The van der Waals surface area contributed by atoms with E-state index in [1.165, 1.54) is 185 Å². The third kappa shape index (κ3) is 25.9. The molecule has 10 unspecified atom stereocenters. The summed E-state index contributed by atoms with van der Waals surface area (Å²) in [6, 6.07) is 6.87. The summed E-state index contributed by atoms with van der Waals surface area (Å²) in [6.45, 7) is 22.7. The van der Waals surface area contributed by atoms with Crippen molar-refractivity contribution in [3.63, 3.8) is 0 Å². The molecule has 0 spiro atoms. The number of hydrogen-bond acceptors (Lipinski definition) is 13. The molecule has 0 bridgehead atoms. The van der Waals surface area contributed by atoms with Crippen LogP contribution in [0.2, 0.25) is 0 Å². The molecule has 2 aromatic carbocycles. The number of urea groups is 1. The molecule has 8 fully saturated rings. The normalized spacial score (nSPS) is 30.4. The number of amides is 8. The molecule has 2 saturated heterocycles. The van der Waals surface area contributed by atoms with Gasteiger partial charge in [-0.25, -0.2) is 18.4 Å². The number of aromatic carboxylic acids is 1. The van der Waals surface area contributed by atoms with Gasteiger partial charge in [0.1, 0.15) is 11.5 Å². The fraction of sp³-hybridized carbons (Fsp3) is 0.734. The molecule has 11 N–H and O–H groups in total. The molecule has 0 radical (unpaired) electrons. The van der Waals surface area contributed by atoms with Gasteiger partial charge in [0.2, 0.25) is 35.3 Å². The molecule has 3 aliphatic heterocycles. The minimum absolute atomic E-state index is 0. The number of phenolic OH excluding ortho intramolecular Hbond substituents is 1. The summed E-state index contributed by atoms with van der Waals surface area (Å²) in [5.41, 5.74) is 4.72. The molecule has 2 aromatic rings. The molecule has 9 aliphatic carbocycles. The van der Waals surface area contributed by atoms with Crippen LogP contribution >= 0.6 is 11.8 Å². The van der Waals surface area contributed by atoms with Gasteiger partial charge < -0.3 is 62.8 Å². The van der Waals surface area contributed by atoms with Crippen molar-refractivity contribution in [1.82, 2.24) is 47.9 Å². The Morgan fingerprint density at radius 3 is 1.67 bits per heavy atom.